The molecular formula is C37H32O4. The number of hydrogen-bond donors (Lipinski definition) is 0. The molecule has 0 atom stereocenters. The highest BCUT2D eigenvalue weighted by Gasteiger charge is 2.25. The monoisotopic (exact) mass is 540 g/mol. The first-order chi connectivity index (χ1) is 20.1. The smallest absolute Gasteiger partial charge is 0.231 e. The van der Waals surface area contributed by atoms with E-state index in [4.69, 9.17) is 18.9 Å². The fourth-order valence-electron chi connectivity index (χ4n) is 5.85. The van der Waals surface area contributed by atoms with Gasteiger partial charge in [0, 0.05) is 5.56 Å². The Balaban J connectivity index is 1.47. The van der Waals surface area contributed by atoms with E-state index in [1.54, 1.807) is 0 Å². The van der Waals surface area contributed by atoms with Crippen molar-refractivity contribution in [3.63, 3.8) is 0 Å². The number of ether oxygens (including phenoxy) is 4. The van der Waals surface area contributed by atoms with E-state index in [2.05, 4.69) is 106 Å². The second-order valence-electron chi connectivity index (χ2n) is 11.1. The predicted molar refractivity (Wildman–Crippen MR) is 166 cm³/mol. The minimum absolute atomic E-state index is 0.234. The third-order valence-electron chi connectivity index (χ3n) is 7.93. The second kappa shape index (κ2) is 10.4. The molecule has 5 aromatic rings. The van der Waals surface area contributed by atoms with Gasteiger partial charge in [-0.05, 0) is 99.3 Å². The van der Waals surface area contributed by atoms with Crippen LogP contribution in [0.4, 0.5) is 0 Å². The molecule has 41 heavy (non-hydrogen) atoms. The number of aryl methyl sites for hydroxylation is 1. The summed E-state index contributed by atoms with van der Waals surface area (Å²) < 4.78 is 23.3. The van der Waals surface area contributed by atoms with Crippen LogP contribution < -0.4 is 18.9 Å². The number of rotatable bonds is 6. The molecule has 0 bridgehead atoms. The number of allylic oxidation sites excluding steroid dienone is 1. The van der Waals surface area contributed by atoms with Crippen LogP contribution in [0, 0.1) is 12.8 Å². The van der Waals surface area contributed by atoms with Crippen LogP contribution in [0.25, 0.3) is 50.2 Å². The maximum Gasteiger partial charge on any atom is 0.231 e. The summed E-state index contributed by atoms with van der Waals surface area (Å²) in [7, 11) is 0. The summed E-state index contributed by atoms with van der Waals surface area (Å²) in [6, 6.07) is 30.0. The summed E-state index contributed by atoms with van der Waals surface area (Å²) in [5.41, 5.74) is 9.22. The van der Waals surface area contributed by atoms with Gasteiger partial charge in [-0.25, -0.2) is 0 Å². The van der Waals surface area contributed by atoms with E-state index in [-0.39, 0.29) is 13.6 Å². The standard InChI is InChI=1S/C37H32O4/c1-23(2)8-7-11-30-29(16-17-33-37(30)41-22-38-33)36-24(3)31-20-35-34(39-21-40-35)19-28(31)18-32(36)27-14-12-26(13-15-27)25-9-5-4-6-10-25/h4-7,9-20,23H,8,21-22H2,1-3H3. The Morgan fingerprint density at radius 2 is 1.37 bits per heavy atom. The third kappa shape index (κ3) is 4.59. The molecule has 7 rings (SSSR count). The van der Waals surface area contributed by atoms with Crippen molar-refractivity contribution in [2.24, 2.45) is 5.92 Å². The molecule has 0 aromatic heterocycles. The Labute approximate surface area is 240 Å². The minimum Gasteiger partial charge on any atom is -0.454 e. The van der Waals surface area contributed by atoms with Crippen LogP contribution in [-0.4, -0.2) is 13.6 Å². The van der Waals surface area contributed by atoms with Crippen molar-refractivity contribution in [1.29, 1.82) is 0 Å². The Morgan fingerprint density at radius 3 is 2.15 bits per heavy atom. The molecule has 0 aliphatic carbocycles. The molecule has 0 saturated heterocycles. The fourth-order valence-corrected chi connectivity index (χ4v) is 5.85. The molecular weight excluding hydrogens is 508 g/mol. The summed E-state index contributed by atoms with van der Waals surface area (Å²) in [4.78, 5) is 0. The molecule has 0 fully saturated rings. The predicted octanol–water partition coefficient (Wildman–Crippen LogP) is 9.67. The van der Waals surface area contributed by atoms with Crippen molar-refractivity contribution >= 4 is 16.8 Å². The fraction of sp³-hybridized carbons (Fsp3) is 0.189. The summed E-state index contributed by atoms with van der Waals surface area (Å²) >= 11 is 0. The summed E-state index contributed by atoms with van der Waals surface area (Å²) in [6.45, 7) is 7.15. The topological polar surface area (TPSA) is 36.9 Å². The van der Waals surface area contributed by atoms with E-state index in [0.29, 0.717) is 5.92 Å². The molecule has 0 saturated carbocycles. The van der Waals surface area contributed by atoms with Gasteiger partial charge in [0.2, 0.25) is 13.6 Å². The Hall–Kier alpha value is -4.70. The van der Waals surface area contributed by atoms with Gasteiger partial charge >= 0.3 is 0 Å². The van der Waals surface area contributed by atoms with Crippen molar-refractivity contribution in [3.8, 4) is 56.4 Å². The molecule has 5 aromatic carbocycles. The maximum absolute atomic E-state index is 6.04. The van der Waals surface area contributed by atoms with Gasteiger partial charge in [0.05, 0.1) is 0 Å². The van der Waals surface area contributed by atoms with Gasteiger partial charge in [0.15, 0.2) is 23.0 Å². The van der Waals surface area contributed by atoms with Crippen LogP contribution in [0.2, 0.25) is 0 Å². The van der Waals surface area contributed by atoms with Crippen LogP contribution in [0.1, 0.15) is 31.4 Å². The van der Waals surface area contributed by atoms with E-state index in [0.717, 1.165) is 62.4 Å². The lowest BCUT2D eigenvalue weighted by molar-refractivity contribution is 0.173. The SMILES string of the molecule is Cc1c(-c2ccc3c(c2C=CCC(C)C)OCO3)c(-c2ccc(-c3ccccc3)cc2)cc2cc3c(cc12)OCO3. The van der Waals surface area contributed by atoms with Crippen LogP contribution in [0.3, 0.4) is 0 Å². The Kier molecular flexibility index (Phi) is 6.39. The van der Waals surface area contributed by atoms with Crippen molar-refractivity contribution in [3.05, 3.63) is 102 Å². The summed E-state index contributed by atoms with van der Waals surface area (Å²) in [5.74, 6) is 3.73. The molecule has 4 nitrogen and oxygen atoms in total. The quantitative estimate of drug-likeness (QED) is 0.215. The van der Waals surface area contributed by atoms with Crippen LogP contribution >= 0.6 is 0 Å². The number of hydrogen-bond acceptors (Lipinski definition) is 4. The second-order valence-corrected chi connectivity index (χ2v) is 11.1. The maximum atomic E-state index is 6.04. The van der Waals surface area contributed by atoms with Gasteiger partial charge in [-0.2, -0.15) is 0 Å². The highest BCUT2D eigenvalue weighted by molar-refractivity contribution is 6.03. The molecule has 0 amide bonds. The third-order valence-corrected chi connectivity index (χ3v) is 7.93. The lowest BCUT2D eigenvalue weighted by Crippen LogP contribution is -1.96. The van der Waals surface area contributed by atoms with Gasteiger partial charge in [-0.3, -0.25) is 0 Å². The van der Waals surface area contributed by atoms with Gasteiger partial charge in [-0.1, -0.05) is 80.6 Å². The average Bonchev–Trinajstić information content (AvgIpc) is 3.66. The normalized spacial score (nSPS) is 13.6. The molecule has 204 valence electrons. The largest absolute Gasteiger partial charge is 0.454 e. The van der Waals surface area contributed by atoms with Crippen LogP contribution in [-0.2, 0) is 0 Å². The van der Waals surface area contributed by atoms with E-state index >= 15 is 0 Å². The molecule has 0 spiro atoms. The molecule has 4 heteroatoms. The van der Waals surface area contributed by atoms with E-state index < -0.39 is 0 Å². The van der Waals surface area contributed by atoms with Gasteiger partial charge in [0.25, 0.3) is 0 Å². The first-order valence-corrected chi connectivity index (χ1v) is 14.2. The van der Waals surface area contributed by atoms with Crippen molar-refractivity contribution < 1.29 is 18.9 Å². The zero-order valence-corrected chi connectivity index (χ0v) is 23.6. The van der Waals surface area contributed by atoms with E-state index in [9.17, 15) is 0 Å². The van der Waals surface area contributed by atoms with Crippen molar-refractivity contribution in [2.75, 3.05) is 13.6 Å². The molecule has 2 aliphatic heterocycles. The molecule has 2 heterocycles. The zero-order chi connectivity index (χ0) is 27.9. The van der Waals surface area contributed by atoms with Gasteiger partial charge in [-0.15, -0.1) is 0 Å². The zero-order valence-electron chi connectivity index (χ0n) is 23.6. The molecule has 0 unspecified atom stereocenters. The van der Waals surface area contributed by atoms with Crippen molar-refractivity contribution in [2.45, 2.75) is 27.2 Å². The Morgan fingerprint density at radius 1 is 0.683 bits per heavy atom. The lowest BCUT2D eigenvalue weighted by Gasteiger charge is -2.20. The lowest BCUT2D eigenvalue weighted by atomic mass is 9.84. The summed E-state index contributed by atoms with van der Waals surface area (Å²) in [5, 5.41) is 2.26. The number of benzene rings is 5. The van der Waals surface area contributed by atoms with Crippen LogP contribution in [0.5, 0.6) is 23.0 Å². The molecule has 0 N–H and O–H groups in total. The Bertz CT molecular complexity index is 1780. The average molecular weight is 541 g/mol. The van der Waals surface area contributed by atoms with E-state index in [1.165, 1.54) is 22.3 Å². The van der Waals surface area contributed by atoms with E-state index in [1.807, 2.05) is 12.1 Å². The van der Waals surface area contributed by atoms with Gasteiger partial charge in [0.1, 0.15) is 0 Å². The number of fused-ring (bicyclic) bond motifs is 3. The highest BCUT2D eigenvalue weighted by atomic mass is 16.7. The molecule has 0 radical (unpaired) electrons. The summed E-state index contributed by atoms with van der Waals surface area (Å²) in [6.07, 6.45) is 5.43. The molecule has 2 aliphatic rings. The minimum atomic E-state index is 0.234. The van der Waals surface area contributed by atoms with Gasteiger partial charge < -0.3 is 18.9 Å². The van der Waals surface area contributed by atoms with Crippen LogP contribution in [0.15, 0.2) is 91.0 Å². The van der Waals surface area contributed by atoms with Crippen molar-refractivity contribution in [1.82, 2.24) is 0 Å². The first kappa shape index (κ1) is 25.3. The first-order valence-electron chi connectivity index (χ1n) is 14.2. The highest BCUT2D eigenvalue weighted by Crippen LogP contribution is 2.48.